The highest BCUT2D eigenvalue weighted by atomic mass is 16.4. The van der Waals surface area contributed by atoms with E-state index in [0.29, 0.717) is 18.5 Å². The van der Waals surface area contributed by atoms with Crippen molar-refractivity contribution in [3.63, 3.8) is 0 Å². The molecule has 0 spiro atoms. The Kier molecular flexibility index (Phi) is 4.39. The predicted octanol–water partition coefficient (Wildman–Crippen LogP) is 1.88. The summed E-state index contributed by atoms with van der Waals surface area (Å²) < 4.78 is 0. The van der Waals surface area contributed by atoms with Crippen molar-refractivity contribution >= 4 is 5.97 Å². The fourth-order valence-corrected chi connectivity index (χ4v) is 2.03. The maximum absolute atomic E-state index is 10.6. The van der Waals surface area contributed by atoms with Gasteiger partial charge in [0.05, 0.1) is 5.92 Å². The van der Waals surface area contributed by atoms with Crippen LogP contribution in [-0.2, 0) is 4.79 Å². The van der Waals surface area contributed by atoms with Crippen LogP contribution in [0.4, 0.5) is 0 Å². The quantitative estimate of drug-likeness (QED) is 0.726. The van der Waals surface area contributed by atoms with Crippen molar-refractivity contribution in [2.75, 3.05) is 6.54 Å². The Hall–Kier alpha value is -0.570. The van der Waals surface area contributed by atoms with Crippen LogP contribution in [0.25, 0.3) is 0 Å². The summed E-state index contributed by atoms with van der Waals surface area (Å²) in [6.07, 6.45) is 5.09. The van der Waals surface area contributed by atoms with Gasteiger partial charge in [-0.3, -0.25) is 4.79 Å². The standard InChI is InChI=1S/C11H21NO2/c1-8-5-3-4-6-10(8)12-7-9(2)11(13)14/h8-10,12H,3-7H2,1-2H3,(H,13,14). The molecule has 0 bridgehead atoms. The highest BCUT2D eigenvalue weighted by molar-refractivity contribution is 5.69. The lowest BCUT2D eigenvalue weighted by molar-refractivity contribution is -0.141. The van der Waals surface area contributed by atoms with Crippen molar-refractivity contribution in [2.24, 2.45) is 11.8 Å². The summed E-state index contributed by atoms with van der Waals surface area (Å²) in [6, 6.07) is 0.533. The zero-order chi connectivity index (χ0) is 10.6. The molecule has 0 aromatic carbocycles. The van der Waals surface area contributed by atoms with Gasteiger partial charge in [0.15, 0.2) is 0 Å². The number of nitrogens with one attached hydrogen (secondary N) is 1. The van der Waals surface area contributed by atoms with Crippen LogP contribution in [0.15, 0.2) is 0 Å². The number of rotatable bonds is 4. The summed E-state index contributed by atoms with van der Waals surface area (Å²) >= 11 is 0. The SMILES string of the molecule is CC(CNC1CCCCC1C)C(=O)O. The van der Waals surface area contributed by atoms with Gasteiger partial charge in [0.25, 0.3) is 0 Å². The van der Waals surface area contributed by atoms with Crippen molar-refractivity contribution in [2.45, 2.75) is 45.6 Å². The molecule has 0 aliphatic heterocycles. The monoisotopic (exact) mass is 199 g/mol. The summed E-state index contributed by atoms with van der Waals surface area (Å²) in [6.45, 7) is 4.61. The number of aliphatic carboxylic acids is 1. The fourth-order valence-electron chi connectivity index (χ4n) is 2.03. The summed E-state index contributed by atoms with van der Waals surface area (Å²) in [5.41, 5.74) is 0. The van der Waals surface area contributed by atoms with Crippen LogP contribution in [0.3, 0.4) is 0 Å². The van der Waals surface area contributed by atoms with Crippen molar-refractivity contribution in [1.82, 2.24) is 5.32 Å². The number of carbonyl (C=O) groups is 1. The van der Waals surface area contributed by atoms with Gasteiger partial charge in [-0.1, -0.05) is 26.7 Å². The molecule has 0 aromatic rings. The number of hydrogen-bond donors (Lipinski definition) is 2. The molecule has 3 unspecified atom stereocenters. The van der Waals surface area contributed by atoms with E-state index in [1.807, 2.05) is 0 Å². The first-order chi connectivity index (χ1) is 6.61. The molecule has 82 valence electrons. The maximum atomic E-state index is 10.6. The van der Waals surface area contributed by atoms with Crippen LogP contribution in [-0.4, -0.2) is 23.7 Å². The predicted molar refractivity (Wildman–Crippen MR) is 56.2 cm³/mol. The third-order valence-electron chi connectivity index (χ3n) is 3.22. The number of carboxylic acids is 1. The van der Waals surface area contributed by atoms with Gasteiger partial charge in [-0.15, -0.1) is 0 Å². The van der Waals surface area contributed by atoms with Gasteiger partial charge >= 0.3 is 5.97 Å². The molecule has 14 heavy (non-hydrogen) atoms. The molecule has 0 saturated heterocycles. The largest absolute Gasteiger partial charge is 0.481 e. The summed E-state index contributed by atoms with van der Waals surface area (Å²) in [4.78, 5) is 10.6. The van der Waals surface area contributed by atoms with Crippen molar-refractivity contribution in [3.8, 4) is 0 Å². The zero-order valence-electron chi connectivity index (χ0n) is 9.12. The first kappa shape index (κ1) is 11.5. The molecule has 0 radical (unpaired) electrons. The van der Waals surface area contributed by atoms with Gasteiger partial charge in [0.2, 0.25) is 0 Å². The molecule has 0 heterocycles. The topological polar surface area (TPSA) is 49.3 Å². The molecule has 2 N–H and O–H groups in total. The lowest BCUT2D eigenvalue weighted by Crippen LogP contribution is -2.40. The van der Waals surface area contributed by atoms with E-state index in [-0.39, 0.29) is 5.92 Å². The molecule has 1 aliphatic carbocycles. The lowest BCUT2D eigenvalue weighted by Gasteiger charge is -2.30. The Balaban J connectivity index is 2.25. The van der Waals surface area contributed by atoms with E-state index in [1.165, 1.54) is 25.7 Å². The normalized spacial score (nSPS) is 29.9. The first-order valence-corrected chi connectivity index (χ1v) is 5.57. The minimum Gasteiger partial charge on any atom is -0.481 e. The third-order valence-corrected chi connectivity index (χ3v) is 3.22. The maximum Gasteiger partial charge on any atom is 0.307 e. The van der Waals surface area contributed by atoms with Crippen LogP contribution >= 0.6 is 0 Å². The average Bonchev–Trinajstić information content (AvgIpc) is 2.16. The Morgan fingerprint density at radius 2 is 2.14 bits per heavy atom. The molecule has 1 rings (SSSR count). The van der Waals surface area contributed by atoms with Crippen LogP contribution < -0.4 is 5.32 Å². The van der Waals surface area contributed by atoms with E-state index in [0.717, 1.165) is 0 Å². The minimum atomic E-state index is -0.707. The van der Waals surface area contributed by atoms with E-state index in [1.54, 1.807) is 6.92 Å². The second-order valence-corrected chi connectivity index (χ2v) is 4.52. The Morgan fingerprint density at radius 3 is 2.71 bits per heavy atom. The minimum absolute atomic E-state index is 0.274. The van der Waals surface area contributed by atoms with Crippen LogP contribution in [0.1, 0.15) is 39.5 Å². The summed E-state index contributed by atoms with van der Waals surface area (Å²) in [5, 5.41) is 12.1. The molecule has 1 saturated carbocycles. The third kappa shape index (κ3) is 3.29. The lowest BCUT2D eigenvalue weighted by atomic mass is 9.86. The van der Waals surface area contributed by atoms with Crippen LogP contribution in [0.2, 0.25) is 0 Å². The molecule has 0 aromatic heterocycles. The first-order valence-electron chi connectivity index (χ1n) is 5.57. The van der Waals surface area contributed by atoms with Gasteiger partial charge in [0.1, 0.15) is 0 Å². The van der Waals surface area contributed by atoms with Crippen molar-refractivity contribution in [3.05, 3.63) is 0 Å². The highest BCUT2D eigenvalue weighted by Crippen LogP contribution is 2.23. The Bertz CT molecular complexity index is 194. The highest BCUT2D eigenvalue weighted by Gasteiger charge is 2.22. The number of hydrogen-bond acceptors (Lipinski definition) is 2. The molecular formula is C11H21NO2. The fraction of sp³-hybridized carbons (Fsp3) is 0.909. The smallest absolute Gasteiger partial charge is 0.307 e. The Labute approximate surface area is 85.9 Å². The van der Waals surface area contributed by atoms with Crippen LogP contribution in [0, 0.1) is 11.8 Å². The van der Waals surface area contributed by atoms with Crippen LogP contribution in [0.5, 0.6) is 0 Å². The summed E-state index contributed by atoms with van der Waals surface area (Å²) in [5.74, 6) is -0.283. The molecule has 3 nitrogen and oxygen atoms in total. The molecule has 0 amide bonds. The second kappa shape index (κ2) is 5.35. The van der Waals surface area contributed by atoms with E-state index in [2.05, 4.69) is 12.2 Å². The second-order valence-electron chi connectivity index (χ2n) is 4.52. The summed E-state index contributed by atoms with van der Waals surface area (Å²) in [7, 11) is 0. The molecule has 1 aliphatic rings. The van der Waals surface area contributed by atoms with E-state index < -0.39 is 5.97 Å². The molecule has 3 atom stereocenters. The molecule has 1 fully saturated rings. The van der Waals surface area contributed by atoms with E-state index >= 15 is 0 Å². The van der Waals surface area contributed by atoms with Gasteiger partial charge in [-0.2, -0.15) is 0 Å². The number of carboxylic acid groups (broad SMARTS) is 1. The Morgan fingerprint density at radius 1 is 1.50 bits per heavy atom. The average molecular weight is 199 g/mol. The van der Waals surface area contributed by atoms with E-state index in [4.69, 9.17) is 5.11 Å². The molecule has 3 heteroatoms. The van der Waals surface area contributed by atoms with E-state index in [9.17, 15) is 4.79 Å². The van der Waals surface area contributed by atoms with Crippen molar-refractivity contribution in [1.29, 1.82) is 0 Å². The molecular weight excluding hydrogens is 178 g/mol. The van der Waals surface area contributed by atoms with Gasteiger partial charge in [0, 0.05) is 12.6 Å². The van der Waals surface area contributed by atoms with Gasteiger partial charge in [-0.05, 0) is 18.8 Å². The van der Waals surface area contributed by atoms with Gasteiger partial charge in [-0.25, -0.2) is 0 Å². The van der Waals surface area contributed by atoms with Crippen molar-refractivity contribution < 1.29 is 9.90 Å². The van der Waals surface area contributed by atoms with Gasteiger partial charge < -0.3 is 10.4 Å². The zero-order valence-corrected chi connectivity index (χ0v) is 9.12.